The highest BCUT2D eigenvalue weighted by Crippen LogP contribution is 2.31. The second-order valence-corrected chi connectivity index (χ2v) is 5.53. The molecule has 1 aromatic heterocycles. The van der Waals surface area contributed by atoms with Gasteiger partial charge in [0.15, 0.2) is 0 Å². The van der Waals surface area contributed by atoms with Gasteiger partial charge in [0.2, 0.25) is 0 Å². The van der Waals surface area contributed by atoms with Crippen LogP contribution in [0.2, 0.25) is 0 Å². The van der Waals surface area contributed by atoms with Crippen LogP contribution in [0.25, 0.3) is 10.9 Å². The topological polar surface area (TPSA) is 26.2 Å². The smallest absolute Gasteiger partial charge is 0.144 e. The standard InChI is InChI=1S/C19H22N2O.ClH/c1-20-13-11-17(15-7-4-3-5-8-15)22-18-10-6-9-16-12-14-21(2)19(16)18;/h3-10,12,14,17,20H,11,13H2,1-2H3;1H/t17-;/m0./s1. The Hall–Kier alpha value is -1.97. The molecule has 0 aliphatic heterocycles. The molecule has 3 aromatic rings. The van der Waals surface area contributed by atoms with E-state index < -0.39 is 0 Å². The van der Waals surface area contributed by atoms with Gasteiger partial charge in [-0.15, -0.1) is 12.4 Å². The molecule has 0 aliphatic carbocycles. The van der Waals surface area contributed by atoms with E-state index in [1.807, 2.05) is 13.1 Å². The fraction of sp³-hybridized carbons (Fsp3) is 0.263. The zero-order valence-corrected chi connectivity index (χ0v) is 14.3. The molecule has 0 radical (unpaired) electrons. The first-order valence-electron chi connectivity index (χ1n) is 7.70. The van der Waals surface area contributed by atoms with Gasteiger partial charge in [0.05, 0.1) is 5.52 Å². The van der Waals surface area contributed by atoms with Crippen LogP contribution in [0, 0.1) is 0 Å². The Labute approximate surface area is 143 Å². The summed E-state index contributed by atoms with van der Waals surface area (Å²) in [5.41, 5.74) is 2.36. The lowest BCUT2D eigenvalue weighted by molar-refractivity contribution is 0.197. The van der Waals surface area contributed by atoms with Crippen molar-refractivity contribution in [1.82, 2.24) is 9.88 Å². The summed E-state index contributed by atoms with van der Waals surface area (Å²) >= 11 is 0. The maximum Gasteiger partial charge on any atom is 0.144 e. The molecular weight excluding hydrogens is 308 g/mol. The van der Waals surface area contributed by atoms with Crippen molar-refractivity contribution in [2.75, 3.05) is 13.6 Å². The maximum atomic E-state index is 6.39. The van der Waals surface area contributed by atoms with Gasteiger partial charge >= 0.3 is 0 Å². The quantitative estimate of drug-likeness (QED) is 0.728. The molecular formula is C19H23ClN2O. The van der Waals surface area contributed by atoms with Gasteiger partial charge < -0.3 is 14.6 Å². The van der Waals surface area contributed by atoms with Crippen molar-refractivity contribution in [3.05, 3.63) is 66.4 Å². The third kappa shape index (κ3) is 3.87. The Morgan fingerprint density at radius 3 is 2.57 bits per heavy atom. The van der Waals surface area contributed by atoms with Crippen LogP contribution in [0.5, 0.6) is 5.75 Å². The average Bonchev–Trinajstić information content (AvgIpc) is 2.94. The molecule has 3 rings (SSSR count). The van der Waals surface area contributed by atoms with Crippen LogP contribution in [0.1, 0.15) is 18.1 Å². The first kappa shape index (κ1) is 17.4. The Morgan fingerprint density at radius 1 is 1.04 bits per heavy atom. The SMILES string of the molecule is CNCC[C@H](Oc1cccc2ccn(C)c12)c1ccccc1.Cl. The highest BCUT2D eigenvalue weighted by molar-refractivity contribution is 5.86. The highest BCUT2D eigenvalue weighted by Gasteiger charge is 2.15. The Morgan fingerprint density at radius 2 is 1.83 bits per heavy atom. The third-order valence-corrected chi connectivity index (χ3v) is 3.96. The summed E-state index contributed by atoms with van der Waals surface area (Å²) in [5.74, 6) is 0.940. The van der Waals surface area contributed by atoms with E-state index in [2.05, 4.69) is 71.7 Å². The summed E-state index contributed by atoms with van der Waals surface area (Å²) in [6.07, 6.45) is 3.05. The maximum absolute atomic E-state index is 6.39. The molecule has 0 fully saturated rings. The number of para-hydroxylation sites is 1. The van der Waals surface area contributed by atoms with E-state index in [0.717, 1.165) is 24.2 Å². The number of nitrogens with zero attached hydrogens (tertiary/aromatic N) is 1. The van der Waals surface area contributed by atoms with Gasteiger partial charge in [0.25, 0.3) is 0 Å². The van der Waals surface area contributed by atoms with Gasteiger partial charge in [-0.3, -0.25) is 0 Å². The minimum Gasteiger partial charge on any atom is -0.483 e. The van der Waals surface area contributed by atoms with Crippen molar-refractivity contribution >= 4 is 23.3 Å². The summed E-state index contributed by atoms with van der Waals surface area (Å²) in [6, 6.07) is 18.8. The Balaban J connectivity index is 0.00000192. The summed E-state index contributed by atoms with van der Waals surface area (Å²) in [5, 5.41) is 4.42. The van der Waals surface area contributed by atoms with Gasteiger partial charge in [-0.05, 0) is 31.3 Å². The van der Waals surface area contributed by atoms with Gasteiger partial charge in [0, 0.05) is 25.1 Å². The normalized spacial score (nSPS) is 11.9. The number of hydrogen-bond donors (Lipinski definition) is 1. The molecule has 0 saturated heterocycles. The molecule has 1 heterocycles. The van der Waals surface area contributed by atoms with E-state index in [-0.39, 0.29) is 18.5 Å². The number of aryl methyl sites for hydroxylation is 1. The Kier molecular flexibility index (Phi) is 6.08. The first-order chi connectivity index (χ1) is 10.8. The summed E-state index contributed by atoms with van der Waals surface area (Å²) in [6.45, 7) is 0.919. The molecule has 1 N–H and O–H groups in total. The van der Waals surface area contributed by atoms with Gasteiger partial charge in [-0.25, -0.2) is 0 Å². The van der Waals surface area contributed by atoms with Crippen LogP contribution >= 0.6 is 12.4 Å². The van der Waals surface area contributed by atoms with Crippen molar-refractivity contribution < 1.29 is 4.74 Å². The Bertz CT molecular complexity index is 739. The molecule has 0 amide bonds. The molecule has 0 unspecified atom stereocenters. The van der Waals surface area contributed by atoms with E-state index in [0.29, 0.717) is 0 Å². The molecule has 0 bridgehead atoms. The van der Waals surface area contributed by atoms with Crippen molar-refractivity contribution in [3.8, 4) is 5.75 Å². The van der Waals surface area contributed by atoms with E-state index in [1.54, 1.807) is 0 Å². The molecule has 0 aliphatic rings. The van der Waals surface area contributed by atoms with Crippen molar-refractivity contribution in [2.24, 2.45) is 7.05 Å². The van der Waals surface area contributed by atoms with Crippen molar-refractivity contribution in [3.63, 3.8) is 0 Å². The minimum absolute atomic E-state index is 0. The monoisotopic (exact) mass is 330 g/mol. The lowest BCUT2D eigenvalue weighted by atomic mass is 10.1. The molecule has 1 atom stereocenters. The van der Waals surface area contributed by atoms with E-state index in [1.165, 1.54) is 10.9 Å². The van der Waals surface area contributed by atoms with Gasteiger partial charge in [-0.2, -0.15) is 0 Å². The number of halogens is 1. The fourth-order valence-electron chi connectivity index (χ4n) is 2.80. The van der Waals surface area contributed by atoms with Gasteiger partial charge in [-0.1, -0.05) is 42.5 Å². The zero-order chi connectivity index (χ0) is 15.4. The highest BCUT2D eigenvalue weighted by atomic mass is 35.5. The number of fused-ring (bicyclic) bond motifs is 1. The van der Waals surface area contributed by atoms with E-state index in [9.17, 15) is 0 Å². The molecule has 2 aromatic carbocycles. The zero-order valence-electron chi connectivity index (χ0n) is 13.5. The predicted molar refractivity (Wildman–Crippen MR) is 98.5 cm³/mol. The molecule has 0 spiro atoms. The first-order valence-corrected chi connectivity index (χ1v) is 7.70. The molecule has 3 nitrogen and oxygen atoms in total. The van der Waals surface area contributed by atoms with Crippen LogP contribution in [0.4, 0.5) is 0 Å². The lowest BCUT2D eigenvalue weighted by Crippen LogP contribution is -2.16. The predicted octanol–water partition coefficient (Wildman–Crippen LogP) is 4.33. The average molecular weight is 331 g/mol. The number of rotatable bonds is 6. The second kappa shape index (κ2) is 8.04. The number of nitrogens with one attached hydrogen (secondary N) is 1. The van der Waals surface area contributed by atoms with Crippen LogP contribution in [0.15, 0.2) is 60.8 Å². The summed E-state index contributed by atoms with van der Waals surface area (Å²) in [4.78, 5) is 0. The molecule has 122 valence electrons. The summed E-state index contributed by atoms with van der Waals surface area (Å²) in [7, 11) is 4.03. The fourth-order valence-corrected chi connectivity index (χ4v) is 2.80. The minimum atomic E-state index is 0. The largest absolute Gasteiger partial charge is 0.483 e. The lowest BCUT2D eigenvalue weighted by Gasteiger charge is -2.20. The molecule has 23 heavy (non-hydrogen) atoms. The third-order valence-electron chi connectivity index (χ3n) is 3.96. The second-order valence-electron chi connectivity index (χ2n) is 5.53. The van der Waals surface area contributed by atoms with Gasteiger partial charge in [0.1, 0.15) is 11.9 Å². The van der Waals surface area contributed by atoms with Crippen LogP contribution in [-0.2, 0) is 7.05 Å². The number of ether oxygens (including phenoxy) is 1. The van der Waals surface area contributed by atoms with Crippen LogP contribution < -0.4 is 10.1 Å². The number of hydrogen-bond acceptors (Lipinski definition) is 2. The van der Waals surface area contributed by atoms with E-state index >= 15 is 0 Å². The van der Waals surface area contributed by atoms with Crippen molar-refractivity contribution in [1.29, 1.82) is 0 Å². The van der Waals surface area contributed by atoms with E-state index in [4.69, 9.17) is 4.74 Å². The van der Waals surface area contributed by atoms with Crippen molar-refractivity contribution in [2.45, 2.75) is 12.5 Å². The molecule has 4 heteroatoms. The molecule has 0 saturated carbocycles. The van der Waals surface area contributed by atoms with Crippen LogP contribution in [0.3, 0.4) is 0 Å². The number of aromatic nitrogens is 1. The summed E-state index contributed by atoms with van der Waals surface area (Å²) < 4.78 is 8.51. The van der Waals surface area contributed by atoms with Crippen LogP contribution in [-0.4, -0.2) is 18.2 Å². The number of benzene rings is 2.